The molecular weight excluding hydrogens is 306 g/mol. The van der Waals surface area contributed by atoms with Crippen LogP contribution in [0.1, 0.15) is 24.0 Å². The molecule has 0 spiro atoms. The Morgan fingerprint density at radius 1 is 0.917 bits per heavy atom. The Hall–Kier alpha value is -2.53. The lowest BCUT2D eigenvalue weighted by Crippen LogP contribution is -2.38. The Morgan fingerprint density at radius 3 is 1.67 bits per heavy atom. The summed E-state index contributed by atoms with van der Waals surface area (Å²) in [5.74, 6) is 0.754. The van der Waals surface area contributed by atoms with Crippen molar-refractivity contribution in [1.29, 1.82) is 0 Å². The second kappa shape index (κ2) is 8.36. The second-order valence-corrected chi connectivity index (χ2v) is 5.30. The van der Waals surface area contributed by atoms with Gasteiger partial charge in [-0.1, -0.05) is 24.3 Å². The van der Waals surface area contributed by atoms with Gasteiger partial charge in [0.25, 0.3) is 0 Å². The fourth-order valence-electron chi connectivity index (χ4n) is 2.60. The highest BCUT2D eigenvalue weighted by Gasteiger charge is 2.29. The van der Waals surface area contributed by atoms with Gasteiger partial charge in [0.05, 0.1) is 20.8 Å². The van der Waals surface area contributed by atoms with Crippen LogP contribution in [0.2, 0.25) is 0 Å². The Kier molecular flexibility index (Phi) is 6.21. The Morgan fingerprint density at radius 2 is 1.33 bits per heavy atom. The van der Waals surface area contributed by atoms with E-state index in [1.54, 1.807) is 21.1 Å². The van der Waals surface area contributed by atoms with Gasteiger partial charge in [-0.25, -0.2) is 0 Å². The highest BCUT2D eigenvalue weighted by molar-refractivity contribution is 5.78. The standard InChI is InChI=1S/C19H23NO4/c1-4-24-19(21)18(20)17(13-5-9-15(22-2)10-6-13)14-7-11-16(23-3)12-8-14/h5-12,17-18H,4,20H2,1-3H3/t18-/m0/s1. The third-order valence-corrected chi connectivity index (χ3v) is 3.87. The van der Waals surface area contributed by atoms with E-state index in [9.17, 15) is 4.79 Å². The summed E-state index contributed by atoms with van der Waals surface area (Å²) >= 11 is 0. The monoisotopic (exact) mass is 329 g/mol. The number of benzene rings is 2. The van der Waals surface area contributed by atoms with Crippen LogP contribution in [0.3, 0.4) is 0 Å². The Balaban J connectivity index is 2.40. The van der Waals surface area contributed by atoms with Crippen LogP contribution >= 0.6 is 0 Å². The molecule has 1 atom stereocenters. The second-order valence-electron chi connectivity index (χ2n) is 5.30. The fourth-order valence-corrected chi connectivity index (χ4v) is 2.60. The Bertz CT molecular complexity index is 605. The van der Waals surface area contributed by atoms with Crippen molar-refractivity contribution in [1.82, 2.24) is 0 Å². The maximum atomic E-state index is 12.2. The largest absolute Gasteiger partial charge is 0.497 e. The van der Waals surface area contributed by atoms with Crippen LogP contribution in [0.25, 0.3) is 0 Å². The van der Waals surface area contributed by atoms with Gasteiger partial charge in [0.15, 0.2) is 0 Å². The van der Waals surface area contributed by atoms with Gasteiger partial charge in [-0.05, 0) is 42.3 Å². The van der Waals surface area contributed by atoms with E-state index >= 15 is 0 Å². The van der Waals surface area contributed by atoms with Crippen LogP contribution in [0, 0.1) is 0 Å². The van der Waals surface area contributed by atoms with E-state index in [1.807, 2.05) is 48.5 Å². The van der Waals surface area contributed by atoms with Crippen LogP contribution in [0.4, 0.5) is 0 Å². The number of rotatable bonds is 7. The van der Waals surface area contributed by atoms with Crippen LogP contribution in [0.5, 0.6) is 11.5 Å². The van der Waals surface area contributed by atoms with Gasteiger partial charge in [0, 0.05) is 5.92 Å². The molecule has 0 aliphatic heterocycles. The van der Waals surface area contributed by atoms with Crippen molar-refractivity contribution < 1.29 is 19.0 Å². The zero-order valence-corrected chi connectivity index (χ0v) is 14.2. The topological polar surface area (TPSA) is 70.8 Å². The summed E-state index contributed by atoms with van der Waals surface area (Å²) in [6, 6.07) is 14.2. The first-order chi connectivity index (χ1) is 11.6. The van der Waals surface area contributed by atoms with Gasteiger partial charge in [-0.2, -0.15) is 0 Å². The molecule has 0 fully saturated rings. The highest BCUT2D eigenvalue weighted by Crippen LogP contribution is 2.30. The van der Waals surface area contributed by atoms with Crippen LogP contribution in [-0.2, 0) is 9.53 Å². The smallest absolute Gasteiger partial charge is 0.323 e. The van der Waals surface area contributed by atoms with Crippen molar-refractivity contribution in [2.45, 2.75) is 18.9 Å². The van der Waals surface area contributed by atoms with Gasteiger partial charge in [-0.3, -0.25) is 4.79 Å². The summed E-state index contributed by atoms with van der Waals surface area (Å²) in [4.78, 5) is 12.2. The number of carbonyl (C=O) groups excluding carboxylic acids is 1. The number of methoxy groups -OCH3 is 2. The minimum Gasteiger partial charge on any atom is -0.497 e. The maximum absolute atomic E-state index is 12.2. The number of nitrogens with two attached hydrogens (primary N) is 1. The summed E-state index contributed by atoms with van der Waals surface area (Å²) in [6.07, 6.45) is 0. The fraction of sp³-hybridized carbons (Fsp3) is 0.316. The molecule has 0 aliphatic rings. The summed E-state index contributed by atoms with van der Waals surface area (Å²) < 4.78 is 15.5. The average molecular weight is 329 g/mol. The number of hydrogen-bond acceptors (Lipinski definition) is 5. The van der Waals surface area contributed by atoms with Crippen molar-refractivity contribution in [2.75, 3.05) is 20.8 Å². The molecule has 0 aromatic heterocycles. The van der Waals surface area contributed by atoms with E-state index < -0.39 is 12.0 Å². The molecular formula is C19H23NO4. The molecule has 0 saturated carbocycles. The minimum atomic E-state index is -0.799. The van der Waals surface area contributed by atoms with Crippen LogP contribution in [-0.4, -0.2) is 32.8 Å². The van der Waals surface area contributed by atoms with Gasteiger partial charge < -0.3 is 19.9 Å². The molecule has 0 radical (unpaired) electrons. The third-order valence-electron chi connectivity index (χ3n) is 3.87. The van der Waals surface area contributed by atoms with E-state index in [2.05, 4.69) is 0 Å². The molecule has 2 aromatic rings. The van der Waals surface area contributed by atoms with E-state index in [-0.39, 0.29) is 5.92 Å². The normalized spacial score (nSPS) is 11.9. The van der Waals surface area contributed by atoms with Gasteiger partial charge >= 0.3 is 5.97 Å². The summed E-state index contributed by atoms with van der Waals surface area (Å²) in [7, 11) is 3.22. The van der Waals surface area contributed by atoms with Crippen molar-refractivity contribution >= 4 is 5.97 Å². The predicted octanol–water partition coefficient (Wildman–Crippen LogP) is 2.73. The lowest BCUT2D eigenvalue weighted by atomic mass is 9.85. The molecule has 0 amide bonds. The zero-order chi connectivity index (χ0) is 17.5. The molecule has 2 rings (SSSR count). The van der Waals surface area contributed by atoms with Crippen molar-refractivity contribution in [3.63, 3.8) is 0 Å². The summed E-state index contributed by atoms with van der Waals surface area (Å²) in [5, 5.41) is 0. The molecule has 0 saturated heterocycles. The van der Waals surface area contributed by atoms with Crippen molar-refractivity contribution in [2.24, 2.45) is 5.73 Å². The lowest BCUT2D eigenvalue weighted by Gasteiger charge is -2.24. The van der Waals surface area contributed by atoms with Gasteiger partial charge in [-0.15, -0.1) is 0 Å². The van der Waals surface area contributed by atoms with E-state index in [1.165, 1.54) is 0 Å². The maximum Gasteiger partial charge on any atom is 0.323 e. The lowest BCUT2D eigenvalue weighted by molar-refractivity contribution is -0.145. The first kappa shape index (κ1) is 17.8. The molecule has 0 aliphatic carbocycles. The van der Waals surface area contributed by atoms with Gasteiger partial charge in [0.1, 0.15) is 17.5 Å². The number of ether oxygens (including phenoxy) is 3. The molecule has 0 bridgehead atoms. The van der Waals surface area contributed by atoms with Crippen LogP contribution in [0.15, 0.2) is 48.5 Å². The summed E-state index contributed by atoms with van der Waals surface area (Å²) in [6.45, 7) is 2.06. The molecule has 5 nitrogen and oxygen atoms in total. The molecule has 2 N–H and O–H groups in total. The predicted molar refractivity (Wildman–Crippen MR) is 92.4 cm³/mol. The Labute approximate surface area is 142 Å². The van der Waals surface area contributed by atoms with Gasteiger partial charge in [0.2, 0.25) is 0 Å². The quantitative estimate of drug-likeness (QED) is 0.791. The zero-order valence-electron chi connectivity index (χ0n) is 14.2. The number of esters is 1. The van der Waals surface area contributed by atoms with E-state index in [0.29, 0.717) is 6.61 Å². The van der Waals surface area contributed by atoms with E-state index in [4.69, 9.17) is 19.9 Å². The summed E-state index contributed by atoms with van der Waals surface area (Å²) in [5.41, 5.74) is 8.05. The van der Waals surface area contributed by atoms with E-state index in [0.717, 1.165) is 22.6 Å². The molecule has 128 valence electrons. The first-order valence-corrected chi connectivity index (χ1v) is 7.80. The number of carbonyl (C=O) groups is 1. The molecule has 24 heavy (non-hydrogen) atoms. The van der Waals surface area contributed by atoms with Crippen LogP contribution < -0.4 is 15.2 Å². The SMILES string of the molecule is CCOC(=O)[C@@H](N)C(c1ccc(OC)cc1)c1ccc(OC)cc1. The molecule has 0 unspecified atom stereocenters. The van der Waals surface area contributed by atoms with Crippen molar-refractivity contribution in [3.05, 3.63) is 59.7 Å². The highest BCUT2D eigenvalue weighted by atomic mass is 16.5. The average Bonchev–Trinajstić information content (AvgIpc) is 2.63. The first-order valence-electron chi connectivity index (χ1n) is 7.80. The number of hydrogen-bond donors (Lipinski definition) is 1. The third kappa shape index (κ3) is 4.06. The molecule has 2 aromatic carbocycles. The van der Waals surface area contributed by atoms with Crippen molar-refractivity contribution in [3.8, 4) is 11.5 Å². The molecule has 5 heteroatoms. The molecule has 0 heterocycles. The minimum absolute atomic E-state index is 0.296.